The van der Waals surface area contributed by atoms with E-state index >= 15 is 0 Å². The number of carbonyl (C=O) groups excluding carboxylic acids is 1. The van der Waals surface area contributed by atoms with Gasteiger partial charge in [0.2, 0.25) is 5.91 Å². The minimum Gasteiger partial charge on any atom is -0.396 e. The van der Waals surface area contributed by atoms with Gasteiger partial charge in [-0.05, 0) is 32.8 Å². The van der Waals surface area contributed by atoms with Gasteiger partial charge in [0, 0.05) is 31.8 Å². The van der Waals surface area contributed by atoms with Crippen LogP contribution < -0.4 is 5.32 Å². The summed E-state index contributed by atoms with van der Waals surface area (Å²) in [6, 6.07) is 2.04. The SMILES string of the molecule is Cc1cc(C)n(CCCNC(=O)CCCO)n1. The second-order valence-corrected chi connectivity index (χ2v) is 4.18. The predicted octanol–water partition coefficient (Wildman–Crippen LogP) is 0.779. The van der Waals surface area contributed by atoms with Crippen LogP contribution in [-0.2, 0) is 11.3 Å². The van der Waals surface area contributed by atoms with Gasteiger partial charge in [0.15, 0.2) is 0 Å². The summed E-state index contributed by atoms with van der Waals surface area (Å²) in [6.07, 6.45) is 1.80. The molecule has 0 atom stereocenters. The Morgan fingerprint density at radius 1 is 1.47 bits per heavy atom. The number of nitrogens with zero attached hydrogens (tertiary/aromatic N) is 2. The second kappa shape index (κ2) is 7.06. The normalized spacial score (nSPS) is 10.5. The second-order valence-electron chi connectivity index (χ2n) is 4.18. The molecule has 5 nitrogen and oxygen atoms in total. The molecule has 1 aromatic rings. The average Bonchev–Trinajstić information content (AvgIpc) is 2.60. The lowest BCUT2D eigenvalue weighted by molar-refractivity contribution is -0.121. The number of carbonyl (C=O) groups is 1. The highest BCUT2D eigenvalue weighted by atomic mass is 16.3. The van der Waals surface area contributed by atoms with Crippen molar-refractivity contribution in [3.63, 3.8) is 0 Å². The Hall–Kier alpha value is -1.36. The van der Waals surface area contributed by atoms with Crippen molar-refractivity contribution < 1.29 is 9.90 Å². The van der Waals surface area contributed by atoms with E-state index in [1.54, 1.807) is 0 Å². The smallest absolute Gasteiger partial charge is 0.220 e. The molecule has 17 heavy (non-hydrogen) atoms. The minimum absolute atomic E-state index is 0.00687. The first-order valence-corrected chi connectivity index (χ1v) is 6.02. The topological polar surface area (TPSA) is 67.2 Å². The quantitative estimate of drug-likeness (QED) is 0.691. The first kappa shape index (κ1) is 13.7. The van der Waals surface area contributed by atoms with Crippen LogP contribution in [0.2, 0.25) is 0 Å². The number of rotatable bonds is 7. The van der Waals surface area contributed by atoms with Gasteiger partial charge in [0.25, 0.3) is 0 Å². The van der Waals surface area contributed by atoms with Gasteiger partial charge in [0.05, 0.1) is 5.69 Å². The first-order chi connectivity index (χ1) is 8.13. The van der Waals surface area contributed by atoms with Crippen molar-refractivity contribution in [3.05, 3.63) is 17.5 Å². The fourth-order valence-corrected chi connectivity index (χ4v) is 1.69. The lowest BCUT2D eigenvalue weighted by Gasteiger charge is -2.06. The molecule has 2 N–H and O–H groups in total. The third kappa shape index (κ3) is 4.99. The van der Waals surface area contributed by atoms with Crippen molar-refractivity contribution in [2.75, 3.05) is 13.2 Å². The van der Waals surface area contributed by atoms with Crippen molar-refractivity contribution in [2.45, 2.75) is 39.7 Å². The molecular formula is C12H21N3O2. The number of amides is 1. The zero-order valence-electron chi connectivity index (χ0n) is 10.6. The summed E-state index contributed by atoms with van der Waals surface area (Å²) < 4.78 is 1.95. The van der Waals surface area contributed by atoms with Crippen LogP contribution in [-0.4, -0.2) is 33.9 Å². The lowest BCUT2D eigenvalue weighted by Crippen LogP contribution is -2.25. The van der Waals surface area contributed by atoms with Crippen LogP contribution in [0.1, 0.15) is 30.7 Å². The van der Waals surface area contributed by atoms with Crippen LogP contribution in [0, 0.1) is 13.8 Å². The van der Waals surface area contributed by atoms with Gasteiger partial charge in [-0.1, -0.05) is 0 Å². The maximum atomic E-state index is 11.2. The van der Waals surface area contributed by atoms with E-state index in [9.17, 15) is 4.79 Å². The Labute approximate surface area is 102 Å². The molecule has 0 radical (unpaired) electrons. The maximum absolute atomic E-state index is 11.2. The van der Waals surface area contributed by atoms with Crippen molar-refractivity contribution >= 4 is 5.91 Å². The van der Waals surface area contributed by atoms with Crippen LogP contribution in [0.3, 0.4) is 0 Å². The fourth-order valence-electron chi connectivity index (χ4n) is 1.69. The molecule has 1 heterocycles. The van der Waals surface area contributed by atoms with E-state index in [2.05, 4.69) is 10.4 Å². The fraction of sp³-hybridized carbons (Fsp3) is 0.667. The third-order valence-electron chi connectivity index (χ3n) is 2.53. The van der Waals surface area contributed by atoms with E-state index in [1.165, 1.54) is 0 Å². The average molecular weight is 239 g/mol. The number of nitrogens with one attached hydrogen (secondary N) is 1. The van der Waals surface area contributed by atoms with Crippen molar-refractivity contribution in [1.82, 2.24) is 15.1 Å². The Morgan fingerprint density at radius 3 is 2.82 bits per heavy atom. The predicted molar refractivity (Wildman–Crippen MR) is 65.6 cm³/mol. The van der Waals surface area contributed by atoms with Gasteiger partial charge in [-0.3, -0.25) is 9.48 Å². The molecule has 0 saturated carbocycles. The number of aromatic nitrogens is 2. The molecule has 0 aliphatic carbocycles. The highest BCUT2D eigenvalue weighted by molar-refractivity contribution is 5.75. The highest BCUT2D eigenvalue weighted by Gasteiger charge is 2.02. The van der Waals surface area contributed by atoms with Gasteiger partial charge in [-0.15, -0.1) is 0 Å². The number of hydrogen-bond donors (Lipinski definition) is 2. The Kier molecular flexibility index (Phi) is 5.69. The van der Waals surface area contributed by atoms with E-state index in [0.717, 1.165) is 24.4 Å². The van der Waals surface area contributed by atoms with E-state index in [-0.39, 0.29) is 12.5 Å². The summed E-state index contributed by atoms with van der Waals surface area (Å²) in [5, 5.41) is 15.7. The minimum atomic E-state index is 0.00687. The number of hydrogen-bond acceptors (Lipinski definition) is 3. The van der Waals surface area contributed by atoms with E-state index in [4.69, 9.17) is 5.11 Å². The summed E-state index contributed by atoms with van der Waals surface area (Å²) in [5.74, 6) is 0.00687. The van der Waals surface area contributed by atoms with Gasteiger partial charge in [0.1, 0.15) is 0 Å². The molecule has 1 rings (SSSR count). The molecule has 0 fully saturated rings. The first-order valence-electron chi connectivity index (χ1n) is 6.02. The largest absolute Gasteiger partial charge is 0.396 e. The van der Waals surface area contributed by atoms with E-state index < -0.39 is 0 Å². The van der Waals surface area contributed by atoms with Crippen LogP contribution in [0.5, 0.6) is 0 Å². The zero-order chi connectivity index (χ0) is 12.7. The van der Waals surface area contributed by atoms with E-state index in [0.29, 0.717) is 19.4 Å². The van der Waals surface area contributed by atoms with Gasteiger partial charge in [-0.2, -0.15) is 5.10 Å². The molecule has 0 aliphatic rings. The molecule has 1 amide bonds. The summed E-state index contributed by atoms with van der Waals surface area (Å²) >= 11 is 0. The third-order valence-corrected chi connectivity index (χ3v) is 2.53. The molecule has 1 aromatic heterocycles. The van der Waals surface area contributed by atoms with Crippen LogP contribution >= 0.6 is 0 Å². The summed E-state index contributed by atoms with van der Waals surface area (Å²) in [7, 11) is 0. The number of aliphatic hydroxyl groups is 1. The number of aliphatic hydroxyl groups excluding tert-OH is 1. The van der Waals surface area contributed by atoms with Gasteiger partial charge >= 0.3 is 0 Å². The van der Waals surface area contributed by atoms with Gasteiger partial charge in [-0.25, -0.2) is 0 Å². The molecule has 0 bridgehead atoms. The molecule has 0 aromatic carbocycles. The Bertz CT molecular complexity index is 361. The monoisotopic (exact) mass is 239 g/mol. The highest BCUT2D eigenvalue weighted by Crippen LogP contribution is 2.02. The summed E-state index contributed by atoms with van der Waals surface area (Å²) in [6.45, 7) is 5.54. The Morgan fingerprint density at radius 2 is 2.24 bits per heavy atom. The van der Waals surface area contributed by atoms with Crippen LogP contribution in [0.4, 0.5) is 0 Å². The zero-order valence-corrected chi connectivity index (χ0v) is 10.6. The number of aryl methyl sites for hydroxylation is 3. The van der Waals surface area contributed by atoms with Crippen LogP contribution in [0.25, 0.3) is 0 Å². The summed E-state index contributed by atoms with van der Waals surface area (Å²) in [4.78, 5) is 11.2. The molecule has 0 aliphatic heterocycles. The molecule has 96 valence electrons. The van der Waals surface area contributed by atoms with Crippen molar-refractivity contribution in [3.8, 4) is 0 Å². The Balaban J connectivity index is 2.16. The van der Waals surface area contributed by atoms with Crippen molar-refractivity contribution in [2.24, 2.45) is 0 Å². The molecule has 0 saturated heterocycles. The molecule has 5 heteroatoms. The standard InChI is InChI=1S/C12H21N3O2/c1-10-9-11(2)15(14-10)7-4-6-13-12(17)5-3-8-16/h9,16H,3-8H2,1-2H3,(H,13,17). The molecule has 0 unspecified atom stereocenters. The summed E-state index contributed by atoms with van der Waals surface area (Å²) in [5.41, 5.74) is 2.17. The van der Waals surface area contributed by atoms with Crippen molar-refractivity contribution in [1.29, 1.82) is 0 Å². The molecular weight excluding hydrogens is 218 g/mol. The lowest BCUT2D eigenvalue weighted by atomic mass is 10.3. The molecule has 0 spiro atoms. The van der Waals surface area contributed by atoms with Crippen LogP contribution in [0.15, 0.2) is 6.07 Å². The van der Waals surface area contributed by atoms with E-state index in [1.807, 2.05) is 24.6 Å². The van der Waals surface area contributed by atoms with Gasteiger partial charge < -0.3 is 10.4 Å². The maximum Gasteiger partial charge on any atom is 0.220 e.